The van der Waals surface area contributed by atoms with Gasteiger partial charge in [0.1, 0.15) is 5.69 Å². The first-order valence-electron chi connectivity index (χ1n) is 9.54. The lowest BCUT2D eigenvalue weighted by molar-refractivity contribution is -0.137. The molecule has 7 nitrogen and oxygen atoms in total. The number of aromatic amines is 1. The summed E-state index contributed by atoms with van der Waals surface area (Å²) < 4.78 is 38.1. The predicted octanol–water partition coefficient (Wildman–Crippen LogP) is 3.09. The highest BCUT2D eigenvalue weighted by Crippen LogP contribution is 2.29. The fraction of sp³-hybridized carbons (Fsp3) is 0.238. The van der Waals surface area contributed by atoms with Gasteiger partial charge < -0.3 is 9.80 Å². The summed E-state index contributed by atoms with van der Waals surface area (Å²) in [7, 11) is 0. The summed E-state index contributed by atoms with van der Waals surface area (Å²) in [5.74, 6) is -0.592. The Kier molecular flexibility index (Phi) is 5.45. The van der Waals surface area contributed by atoms with E-state index in [0.717, 1.165) is 17.7 Å². The second-order valence-electron chi connectivity index (χ2n) is 7.07. The van der Waals surface area contributed by atoms with Crippen molar-refractivity contribution in [3.8, 4) is 11.3 Å². The Morgan fingerprint density at radius 3 is 2.16 bits per heavy atom. The molecule has 0 atom stereocenters. The van der Waals surface area contributed by atoms with E-state index in [2.05, 4.69) is 15.2 Å². The molecule has 3 heterocycles. The van der Waals surface area contributed by atoms with Gasteiger partial charge in [0.15, 0.2) is 0 Å². The van der Waals surface area contributed by atoms with Gasteiger partial charge in [-0.25, -0.2) is 0 Å². The van der Waals surface area contributed by atoms with Crippen LogP contribution in [0, 0.1) is 0 Å². The minimum absolute atomic E-state index is 0.183. The molecule has 1 fully saturated rings. The number of benzene rings is 1. The number of pyridine rings is 1. The summed E-state index contributed by atoms with van der Waals surface area (Å²) in [6.07, 6.45) is -1.15. The van der Waals surface area contributed by atoms with E-state index in [0.29, 0.717) is 24.5 Å². The Morgan fingerprint density at radius 1 is 0.935 bits per heavy atom. The van der Waals surface area contributed by atoms with Crippen molar-refractivity contribution in [3.63, 3.8) is 0 Å². The van der Waals surface area contributed by atoms with E-state index in [1.807, 2.05) is 6.07 Å². The number of carbonyl (C=O) groups is 2. The number of amides is 2. The molecule has 1 aliphatic rings. The van der Waals surface area contributed by atoms with Gasteiger partial charge in [-0.3, -0.25) is 19.7 Å². The van der Waals surface area contributed by atoms with E-state index in [9.17, 15) is 22.8 Å². The summed E-state index contributed by atoms with van der Waals surface area (Å²) in [5, 5.41) is 6.89. The molecule has 0 bridgehead atoms. The van der Waals surface area contributed by atoms with Crippen LogP contribution in [-0.2, 0) is 6.18 Å². The van der Waals surface area contributed by atoms with Crippen LogP contribution in [0.25, 0.3) is 11.3 Å². The molecule has 0 saturated carbocycles. The number of piperazine rings is 1. The lowest BCUT2D eigenvalue weighted by atomic mass is 10.1. The third-order valence-corrected chi connectivity index (χ3v) is 5.08. The Balaban J connectivity index is 1.37. The van der Waals surface area contributed by atoms with Crippen molar-refractivity contribution < 1.29 is 22.8 Å². The van der Waals surface area contributed by atoms with E-state index >= 15 is 0 Å². The van der Waals surface area contributed by atoms with Gasteiger partial charge in [-0.1, -0.05) is 0 Å². The standard InChI is InChI=1S/C21H18F3N5O2/c22-21(23,24)16-5-3-14(4-6-16)19(30)28-8-10-29(11-9-28)20(31)18-12-17(26-27-18)15-2-1-7-25-13-15/h1-7,12-13H,8-11H2,(H,26,27). The topological polar surface area (TPSA) is 82.2 Å². The van der Waals surface area contributed by atoms with Crippen molar-refractivity contribution in [1.82, 2.24) is 25.0 Å². The van der Waals surface area contributed by atoms with Crippen LogP contribution in [-0.4, -0.2) is 63.0 Å². The maximum atomic E-state index is 12.8. The Bertz CT molecular complexity index is 1070. The number of H-pyrrole nitrogens is 1. The van der Waals surface area contributed by atoms with E-state index < -0.39 is 11.7 Å². The lowest BCUT2D eigenvalue weighted by Gasteiger charge is -2.34. The van der Waals surface area contributed by atoms with Crippen LogP contribution in [0.15, 0.2) is 54.9 Å². The largest absolute Gasteiger partial charge is 0.416 e. The third-order valence-electron chi connectivity index (χ3n) is 5.08. The van der Waals surface area contributed by atoms with Crippen molar-refractivity contribution in [2.75, 3.05) is 26.2 Å². The molecule has 0 spiro atoms. The van der Waals surface area contributed by atoms with Gasteiger partial charge in [-0.2, -0.15) is 18.3 Å². The van der Waals surface area contributed by atoms with Crippen LogP contribution >= 0.6 is 0 Å². The number of nitrogens with zero attached hydrogens (tertiary/aromatic N) is 4. The summed E-state index contributed by atoms with van der Waals surface area (Å²) >= 11 is 0. The number of alkyl halides is 3. The van der Waals surface area contributed by atoms with Gasteiger partial charge in [0.25, 0.3) is 11.8 Å². The number of hydrogen-bond acceptors (Lipinski definition) is 4. The Hall–Kier alpha value is -3.69. The van der Waals surface area contributed by atoms with Crippen molar-refractivity contribution >= 4 is 11.8 Å². The third kappa shape index (κ3) is 4.42. The second-order valence-corrected chi connectivity index (χ2v) is 7.07. The van der Waals surface area contributed by atoms with Gasteiger partial charge in [0, 0.05) is 49.7 Å². The van der Waals surface area contributed by atoms with Gasteiger partial charge in [-0.05, 0) is 42.5 Å². The number of nitrogens with one attached hydrogen (secondary N) is 1. The molecule has 1 aromatic carbocycles. The minimum Gasteiger partial charge on any atom is -0.335 e. The van der Waals surface area contributed by atoms with Crippen LogP contribution in [0.3, 0.4) is 0 Å². The molecule has 0 aliphatic carbocycles. The van der Waals surface area contributed by atoms with Crippen LogP contribution < -0.4 is 0 Å². The van der Waals surface area contributed by atoms with Gasteiger partial charge in [0.2, 0.25) is 0 Å². The van der Waals surface area contributed by atoms with Crippen LogP contribution in [0.4, 0.5) is 13.2 Å². The molecule has 1 aliphatic heterocycles. The highest BCUT2D eigenvalue weighted by Gasteiger charge is 2.31. The molecule has 1 saturated heterocycles. The second kappa shape index (κ2) is 8.21. The van der Waals surface area contributed by atoms with E-state index in [1.54, 1.807) is 29.4 Å². The maximum absolute atomic E-state index is 12.8. The normalized spacial score (nSPS) is 14.5. The predicted molar refractivity (Wildman–Crippen MR) is 105 cm³/mol. The number of rotatable bonds is 3. The highest BCUT2D eigenvalue weighted by atomic mass is 19.4. The average Bonchev–Trinajstić information content (AvgIpc) is 3.29. The summed E-state index contributed by atoms with van der Waals surface area (Å²) in [6.45, 7) is 1.20. The molecule has 0 unspecified atom stereocenters. The van der Waals surface area contributed by atoms with E-state index in [-0.39, 0.29) is 30.5 Å². The highest BCUT2D eigenvalue weighted by molar-refractivity contribution is 5.95. The average molecular weight is 429 g/mol. The quantitative estimate of drug-likeness (QED) is 0.694. The molecule has 4 rings (SSSR count). The van der Waals surface area contributed by atoms with Gasteiger partial charge >= 0.3 is 6.18 Å². The molecule has 3 aromatic rings. The number of aromatic nitrogens is 3. The Morgan fingerprint density at radius 2 is 1.58 bits per heavy atom. The lowest BCUT2D eigenvalue weighted by Crippen LogP contribution is -2.50. The molecule has 160 valence electrons. The summed E-state index contributed by atoms with van der Waals surface area (Å²) in [5.41, 5.74) is 1.10. The zero-order valence-electron chi connectivity index (χ0n) is 16.3. The number of halogens is 3. The van der Waals surface area contributed by atoms with Crippen molar-refractivity contribution in [2.24, 2.45) is 0 Å². The summed E-state index contributed by atoms with van der Waals surface area (Å²) in [6, 6.07) is 9.40. The fourth-order valence-electron chi connectivity index (χ4n) is 3.36. The molecule has 31 heavy (non-hydrogen) atoms. The first-order valence-corrected chi connectivity index (χ1v) is 9.54. The molecule has 1 N–H and O–H groups in total. The Labute approximate surface area is 175 Å². The molecular formula is C21H18F3N5O2. The molecule has 10 heteroatoms. The van der Waals surface area contributed by atoms with Crippen molar-refractivity contribution in [3.05, 3.63) is 71.7 Å². The number of hydrogen-bond donors (Lipinski definition) is 1. The molecule has 0 radical (unpaired) electrons. The molecular weight excluding hydrogens is 411 g/mol. The van der Waals surface area contributed by atoms with Gasteiger partial charge in [0.05, 0.1) is 11.3 Å². The van der Waals surface area contributed by atoms with Crippen molar-refractivity contribution in [2.45, 2.75) is 6.18 Å². The van der Waals surface area contributed by atoms with E-state index in [1.165, 1.54) is 17.0 Å². The van der Waals surface area contributed by atoms with Crippen LogP contribution in [0.2, 0.25) is 0 Å². The SMILES string of the molecule is O=C(c1ccc(C(F)(F)F)cc1)N1CCN(C(=O)c2cc(-c3cccnc3)n[nH]2)CC1. The minimum atomic E-state index is -4.45. The summed E-state index contributed by atoms with van der Waals surface area (Å²) in [4.78, 5) is 32.5. The zero-order valence-corrected chi connectivity index (χ0v) is 16.3. The number of carbonyl (C=O) groups excluding carboxylic acids is 2. The van der Waals surface area contributed by atoms with E-state index in [4.69, 9.17) is 0 Å². The molecule has 2 aromatic heterocycles. The zero-order chi connectivity index (χ0) is 22.0. The maximum Gasteiger partial charge on any atom is 0.416 e. The van der Waals surface area contributed by atoms with Crippen molar-refractivity contribution in [1.29, 1.82) is 0 Å². The smallest absolute Gasteiger partial charge is 0.335 e. The first-order chi connectivity index (χ1) is 14.8. The van der Waals surface area contributed by atoms with Crippen LogP contribution in [0.1, 0.15) is 26.4 Å². The van der Waals surface area contributed by atoms with Crippen LogP contribution in [0.5, 0.6) is 0 Å². The fourth-order valence-corrected chi connectivity index (χ4v) is 3.36. The monoisotopic (exact) mass is 429 g/mol. The first kappa shape index (κ1) is 20.6. The molecule has 2 amide bonds. The van der Waals surface area contributed by atoms with Gasteiger partial charge in [-0.15, -0.1) is 0 Å².